The van der Waals surface area contributed by atoms with E-state index in [0.29, 0.717) is 23.6 Å². The number of carbonyl (C=O) groups excluding carboxylic acids is 2. The number of piperidine rings is 1. The van der Waals surface area contributed by atoms with Crippen molar-refractivity contribution in [1.82, 2.24) is 10.3 Å². The fraction of sp³-hybridized carbons (Fsp3) is 0.500. The van der Waals surface area contributed by atoms with Crippen molar-refractivity contribution in [3.05, 3.63) is 17.8 Å². The van der Waals surface area contributed by atoms with Crippen LogP contribution in [-0.4, -0.2) is 44.1 Å². The number of amides is 1. The summed E-state index contributed by atoms with van der Waals surface area (Å²) in [5, 5.41) is 2.67. The molecule has 21 heavy (non-hydrogen) atoms. The Labute approximate surface area is 123 Å². The first-order valence-electron chi connectivity index (χ1n) is 6.87. The number of nitrogens with two attached hydrogens (primary N) is 1. The van der Waals surface area contributed by atoms with E-state index in [4.69, 9.17) is 10.5 Å². The predicted octanol–water partition coefficient (Wildman–Crippen LogP) is 0.413. The molecule has 1 aliphatic heterocycles. The number of esters is 1. The van der Waals surface area contributed by atoms with Gasteiger partial charge in [-0.15, -0.1) is 0 Å². The highest BCUT2D eigenvalue weighted by Crippen LogP contribution is 2.28. The van der Waals surface area contributed by atoms with Crippen LogP contribution in [0, 0.1) is 5.92 Å². The van der Waals surface area contributed by atoms with E-state index in [9.17, 15) is 9.59 Å². The lowest BCUT2D eigenvalue weighted by molar-refractivity contribution is -0.124. The van der Waals surface area contributed by atoms with Crippen molar-refractivity contribution in [3.8, 4) is 0 Å². The maximum absolute atomic E-state index is 11.8. The first kappa shape index (κ1) is 15.1. The van der Waals surface area contributed by atoms with Crippen molar-refractivity contribution in [1.29, 1.82) is 0 Å². The standard InChI is InChI=1S/C14H20N4O3/c1-16-13(19)9-4-3-7-18(8-9)12-11(15)10(5-6-17-12)14(20)21-2/h5-6,9H,3-4,7-8,15H2,1-2H3,(H,16,19). The average molecular weight is 292 g/mol. The third-order valence-corrected chi connectivity index (χ3v) is 3.71. The Morgan fingerprint density at radius 1 is 1.52 bits per heavy atom. The van der Waals surface area contributed by atoms with Crippen molar-refractivity contribution in [2.45, 2.75) is 12.8 Å². The van der Waals surface area contributed by atoms with Crippen LogP contribution in [0.4, 0.5) is 11.5 Å². The number of pyridine rings is 1. The van der Waals surface area contributed by atoms with Crippen LogP contribution in [0.15, 0.2) is 12.3 Å². The van der Waals surface area contributed by atoms with Gasteiger partial charge in [-0.3, -0.25) is 4.79 Å². The Kier molecular flexibility index (Phi) is 4.62. The molecule has 2 rings (SSSR count). The molecule has 0 spiro atoms. The molecule has 7 nitrogen and oxygen atoms in total. The number of anilines is 2. The Hall–Kier alpha value is -2.31. The van der Waals surface area contributed by atoms with Crippen LogP contribution in [-0.2, 0) is 9.53 Å². The van der Waals surface area contributed by atoms with E-state index in [1.165, 1.54) is 19.4 Å². The second-order valence-corrected chi connectivity index (χ2v) is 4.99. The molecule has 1 amide bonds. The number of hydrogen-bond acceptors (Lipinski definition) is 6. The highest BCUT2D eigenvalue weighted by atomic mass is 16.5. The van der Waals surface area contributed by atoms with Gasteiger partial charge in [0.2, 0.25) is 5.91 Å². The molecule has 1 aliphatic rings. The molecule has 0 saturated carbocycles. The van der Waals surface area contributed by atoms with Gasteiger partial charge in [0.15, 0.2) is 5.82 Å². The van der Waals surface area contributed by atoms with Crippen LogP contribution >= 0.6 is 0 Å². The second kappa shape index (κ2) is 6.43. The van der Waals surface area contributed by atoms with Crippen molar-refractivity contribution >= 4 is 23.4 Å². The van der Waals surface area contributed by atoms with Crippen LogP contribution < -0.4 is 16.0 Å². The molecule has 0 radical (unpaired) electrons. The maximum atomic E-state index is 11.8. The summed E-state index contributed by atoms with van der Waals surface area (Å²) in [5.74, 6) is -0.0309. The molecular formula is C14H20N4O3. The smallest absolute Gasteiger partial charge is 0.340 e. The molecule has 1 atom stereocenters. The molecule has 0 bridgehead atoms. The Morgan fingerprint density at radius 2 is 2.29 bits per heavy atom. The largest absolute Gasteiger partial charge is 0.465 e. The molecule has 114 valence electrons. The van der Waals surface area contributed by atoms with Crippen molar-refractivity contribution in [2.24, 2.45) is 5.92 Å². The van der Waals surface area contributed by atoms with Crippen molar-refractivity contribution < 1.29 is 14.3 Å². The highest BCUT2D eigenvalue weighted by molar-refractivity contribution is 5.97. The Morgan fingerprint density at radius 3 is 2.95 bits per heavy atom. The molecule has 1 fully saturated rings. The SMILES string of the molecule is CNC(=O)C1CCCN(c2nccc(C(=O)OC)c2N)C1. The van der Waals surface area contributed by atoms with Crippen LogP contribution in [0.1, 0.15) is 23.2 Å². The number of aromatic nitrogens is 1. The summed E-state index contributed by atoms with van der Waals surface area (Å²) in [7, 11) is 2.94. The van der Waals surface area contributed by atoms with Crippen molar-refractivity contribution in [2.75, 3.05) is 37.9 Å². The zero-order valence-corrected chi connectivity index (χ0v) is 12.3. The van der Waals surface area contributed by atoms with Gasteiger partial charge in [0.1, 0.15) is 0 Å². The Balaban J connectivity index is 2.25. The molecule has 1 aromatic heterocycles. The minimum absolute atomic E-state index is 0.0161. The summed E-state index contributed by atoms with van der Waals surface area (Å²) >= 11 is 0. The van der Waals surface area contributed by atoms with E-state index in [1.807, 2.05) is 4.90 Å². The quantitative estimate of drug-likeness (QED) is 0.783. The molecular weight excluding hydrogens is 272 g/mol. The second-order valence-electron chi connectivity index (χ2n) is 4.99. The van der Waals surface area contributed by atoms with Gasteiger partial charge < -0.3 is 20.7 Å². The van der Waals surface area contributed by atoms with Gasteiger partial charge in [-0.25, -0.2) is 9.78 Å². The number of rotatable bonds is 3. The van der Waals surface area contributed by atoms with E-state index in [1.54, 1.807) is 7.05 Å². The lowest BCUT2D eigenvalue weighted by atomic mass is 9.97. The van der Waals surface area contributed by atoms with E-state index >= 15 is 0 Å². The fourth-order valence-corrected chi connectivity index (χ4v) is 2.59. The van der Waals surface area contributed by atoms with Crippen LogP contribution in [0.3, 0.4) is 0 Å². The normalized spacial score (nSPS) is 18.2. The summed E-state index contributed by atoms with van der Waals surface area (Å²) in [6.07, 6.45) is 3.25. The molecule has 1 aromatic rings. The lowest BCUT2D eigenvalue weighted by Crippen LogP contribution is -2.42. The van der Waals surface area contributed by atoms with Crippen LogP contribution in [0.25, 0.3) is 0 Å². The molecule has 7 heteroatoms. The van der Waals surface area contributed by atoms with E-state index in [0.717, 1.165) is 19.4 Å². The zero-order valence-electron chi connectivity index (χ0n) is 12.3. The summed E-state index contributed by atoms with van der Waals surface area (Å²) in [6, 6.07) is 1.53. The van der Waals surface area contributed by atoms with E-state index in [2.05, 4.69) is 10.3 Å². The average Bonchev–Trinajstić information content (AvgIpc) is 2.53. The molecule has 3 N–H and O–H groups in total. The van der Waals surface area contributed by atoms with Gasteiger partial charge in [-0.2, -0.15) is 0 Å². The van der Waals surface area contributed by atoms with E-state index < -0.39 is 5.97 Å². The summed E-state index contributed by atoms with van der Waals surface area (Å²) < 4.78 is 4.71. The van der Waals surface area contributed by atoms with Gasteiger partial charge in [0, 0.05) is 26.3 Å². The number of methoxy groups -OCH3 is 1. The van der Waals surface area contributed by atoms with Crippen LogP contribution in [0.2, 0.25) is 0 Å². The fourth-order valence-electron chi connectivity index (χ4n) is 2.59. The number of nitrogen functional groups attached to an aromatic ring is 1. The zero-order chi connectivity index (χ0) is 15.4. The Bertz CT molecular complexity index is 547. The number of carbonyl (C=O) groups is 2. The molecule has 2 heterocycles. The van der Waals surface area contributed by atoms with Crippen LogP contribution in [0.5, 0.6) is 0 Å². The minimum Gasteiger partial charge on any atom is -0.465 e. The third-order valence-electron chi connectivity index (χ3n) is 3.71. The minimum atomic E-state index is -0.490. The maximum Gasteiger partial charge on any atom is 0.340 e. The number of hydrogen-bond donors (Lipinski definition) is 2. The molecule has 1 unspecified atom stereocenters. The predicted molar refractivity (Wildman–Crippen MR) is 79.0 cm³/mol. The molecule has 1 saturated heterocycles. The molecule has 0 aliphatic carbocycles. The third kappa shape index (κ3) is 3.07. The molecule has 0 aromatic carbocycles. The van der Waals surface area contributed by atoms with Gasteiger partial charge in [-0.05, 0) is 18.9 Å². The topological polar surface area (TPSA) is 97.5 Å². The van der Waals surface area contributed by atoms with Gasteiger partial charge in [0.05, 0.1) is 24.3 Å². The van der Waals surface area contributed by atoms with Gasteiger partial charge in [0.25, 0.3) is 0 Å². The van der Waals surface area contributed by atoms with E-state index in [-0.39, 0.29) is 11.8 Å². The number of ether oxygens (including phenoxy) is 1. The van der Waals surface area contributed by atoms with Gasteiger partial charge >= 0.3 is 5.97 Å². The summed E-state index contributed by atoms with van der Waals surface area (Å²) in [6.45, 7) is 1.30. The highest BCUT2D eigenvalue weighted by Gasteiger charge is 2.27. The first-order valence-corrected chi connectivity index (χ1v) is 6.87. The summed E-state index contributed by atoms with van der Waals surface area (Å²) in [5.41, 5.74) is 6.63. The van der Waals surface area contributed by atoms with Gasteiger partial charge in [-0.1, -0.05) is 0 Å². The number of nitrogens with one attached hydrogen (secondary N) is 1. The first-order chi connectivity index (χ1) is 10.1. The monoisotopic (exact) mass is 292 g/mol. The van der Waals surface area contributed by atoms with Crippen molar-refractivity contribution in [3.63, 3.8) is 0 Å². The number of nitrogens with zero attached hydrogens (tertiary/aromatic N) is 2. The summed E-state index contributed by atoms with van der Waals surface area (Å²) in [4.78, 5) is 29.7. The lowest BCUT2D eigenvalue weighted by Gasteiger charge is -2.33.